The van der Waals surface area contributed by atoms with Crippen molar-refractivity contribution < 1.29 is 32.4 Å². The number of amides is 1. The van der Waals surface area contributed by atoms with E-state index in [0.717, 1.165) is 12.1 Å². The maximum atomic E-state index is 12.9. The quantitative estimate of drug-likeness (QED) is 0.249. The fraction of sp³-hybridized carbons (Fsp3) is 0.263. The van der Waals surface area contributed by atoms with Gasteiger partial charge in [0.25, 0.3) is 11.6 Å². The van der Waals surface area contributed by atoms with Gasteiger partial charge in [-0.25, -0.2) is 13.2 Å². The highest BCUT2D eigenvalue weighted by molar-refractivity contribution is 7.89. The predicted molar refractivity (Wildman–Crippen MR) is 117 cm³/mol. The monoisotopic (exact) mass is 498 g/mol. The molecule has 0 atom stereocenters. The van der Waals surface area contributed by atoms with Crippen LogP contribution in [-0.4, -0.2) is 62.4 Å². The number of halogens is 1. The number of nitrogen functional groups attached to an aromatic ring is 1. The summed E-state index contributed by atoms with van der Waals surface area (Å²) in [6, 6.07) is 7.16. The Balaban J connectivity index is 1.68. The minimum Gasteiger partial charge on any atom is -0.452 e. The zero-order valence-electron chi connectivity index (χ0n) is 17.0. The van der Waals surface area contributed by atoms with E-state index in [1.165, 1.54) is 28.6 Å². The molecule has 1 saturated heterocycles. The number of anilines is 2. The number of morpholine rings is 1. The van der Waals surface area contributed by atoms with Gasteiger partial charge in [0.1, 0.15) is 4.90 Å². The highest BCUT2D eigenvalue weighted by Gasteiger charge is 2.28. The second-order valence-electron chi connectivity index (χ2n) is 6.81. The molecule has 1 aliphatic heterocycles. The largest absolute Gasteiger partial charge is 0.452 e. The smallest absolute Gasteiger partial charge is 0.341 e. The molecule has 1 heterocycles. The van der Waals surface area contributed by atoms with Gasteiger partial charge in [0, 0.05) is 36.6 Å². The summed E-state index contributed by atoms with van der Waals surface area (Å²) in [6.07, 6.45) is 0. The molecule has 3 rings (SSSR count). The van der Waals surface area contributed by atoms with Crippen molar-refractivity contribution in [3.63, 3.8) is 0 Å². The summed E-state index contributed by atoms with van der Waals surface area (Å²) < 4.78 is 37.0. The van der Waals surface area contributed by atoms with Crippen molar-refractivity contribution in [3.8, 4) is 0 Å². The summed E-state index contributed by atoms with van der Waals surface area (Å²) >= 11 is 6.08. The number of hydrogen-bond acceptors (Lipinski definition) is 9. The lowest BCUT2D eigenvalue weighted by Gasteiger charge is -2.26. The first-order chi connectivity index (χ1) is 15.6. The number of sulfonamides is 1. The number of carbonyl (C=O) groups is 2. The molecule has 1 fully saturated rings. The first kappa shape index (κ1) is 24.4. The van der Waals surface area contributed by atoms with Crippen LogP contribution in [0.4, 0.5) is 17.1 Å². The summed E-state index contributed by atoms with van der Waals surface area (Å²) in [5.74, 6) is -1.80. The van der Waals surface area contributed by atoms with E-state index in [2.05, 4.69) is 5.32 Å². The number of nitrogens with one attached hydrogen (secondary N) is 1. The van der Waals surface area contributed by atoms with Crippen molar-refractivity contribution in [1.29, 1.82) is 0 Å². The normalized spacial score (nSPS) is 14.5. The highest BCUT2D eigenvalue weighted by atomic mass is 35.5. The maximum Gasteiger partial charge on any atom is 0.341 e. The number of nitro groups is 1. The summed E-state index contributed by atoms with van der Waals surface area (Å²) in [5.41, 5.74) is 5.08. The van der Waals surface area contributed by atoms with Gasteiger partial charge in [0.15, 0.2) is 6.61 Å². The molecule has 176 valence electrons. The molecule has 12 nitrogen and oxygen atoms in total. The Kier molecular flexibility index (Phi) is 7.48. The summed E-state index contributed by atoms with van der Waals surface area (Å²) in [5, 5.41) is 13.3. The van der Waals surface area contributed by atoms with Crippen molar-refractivity contribution in [2.75, 3.05) is 44.0 Å². The van der Waals surface area contributed by atoms with Crippen molar-refractivity contribution in [3.05, 3.63) is 57.1 Å². The SMILES string of the molecule is Nc1ccc([N+](=O)[O-])cc1C(=O)OCC(=O)Nc1ccc(Cl)c(S(=O)(=O)N2CCOCC2)c1. The fourth-order valence-corrected chi connectivity index (χ4v) is 4.85. The molecular formula is C19H19ClN4O8S. The Hall–Kier alpha value is -3.26. The van der Waals surface area contributed by atoms with Crippen molar-refractivity contribution >= 4 is 50.6 Å². The number of carbonyl (C=O) groups excluding carboxylic acids is 2. The van der Waals surface area contributed by atoms with Crippen LogP contribution >= 0.6 is 11.6 Å². The van der Waals surface area contributed by atoms with E-state index < -0.39 is 33.4 Å². The highest BCUT2D eigenvalue weighted by Crippen LogP contribution is 2.28. The van der Waals surface area contributed by atoms with Gasteiger partial charge in [-0.3, -0.25) is 14.9 Å². The average Bonchev–Trinajstić information content (AvgIpc) is 2.79. The van der Waals surface area contributed by atoms with E-state index >= 15 is 0 Å². The number of hydrogen-bond donors (Lipinski definition) is 2. The minimum atomic E-state index is -3.91. The lowest BCUT2D eigenvalue weighted by molar-refractivity contribution is -0.384. The van der Waals surface area contributed by atoms with Crippen molar-refractivity contribution in [1.82, 2.24) is 4.31 Å². The Morgan fingerprint density at radius 3 is 2.58 bits per heavy atom. The van der Waals surface area contributed by atoms with Crippen LogP contribution < -0.4 is 11.1 Å². The van der Waals surface area contributed by atoms with Crippen molar-refractivity contribution in [2.24, 2.45) is 0 Å². The number of benzene rings is 2. The van der Waals surface area contributed by atoms with Crippen molar-refractivity contribution in [2.45, 2.75) is 4.90 Å². The van der Waals surface area contributed by atoms with Crippen LogP contribution in [0.1, 0.15) is 10.4 Å². The van der Waals surface area contributed by atoms with Crippen LogP contribution in [-0.2, 0) is 24.3 Å². The molecule has 2 aromatic carbocycles. The Bertz CT molecular complexity index is 1200. The third kappa shape index (κ3) is 5.76. The average molecular weight is 499 g/mol. The van der Waals surface area contributed by atoms with Crippen LogP contribution in [0.5, 0.6) is 0 Å². The van der Waals surface area contributed by atoms with Gasteiger partial charge < -0.3 is 20.5 Å². The van der Waals surface area contributed by atoms with Gasteiger partial charge in [0.05, 0.1) is 28.7 Å². The third-order valence-electron chi connectivity index (χ3n) is 4.60. The second-order valence-corrected chi connectivity index (χ2v) is 9.13. The van der Waals surface area contributed by atoms with Crippen LogP contribution in [0.25, 0.3) is 0 Å². The first-order valence-corrected chi connectivity index (χ1v) is 11.3. The number of esters is 1. The summed E-state index contributed by atoms with van der Waals surface area (Å²) in [6.45, 7) is 0.120. The molecule has 0 aromatic heterocycles. The summed E-state index contributed by atoms with van der Waals surface area (Å²) in [7, 11) is -3.91. The molecule has 3 N–H and O–H groups in total. The van der Waals surface area contributed by atoms with Gasteiger partial charge in [-0.2, -0.15) is 4.31 Å². The molecule has 14 heteroatoms. The van der Waals surface area contributed by atoms with E-state index in [0.29, 0.717) is 0 Å². The van der Waals surface area contributed by atoms with Gasteiger partial charge >= 0.3 is 5.97 Å². The number of rotatable bonds is 7. The van der Waals surface area contributed by atoms with E-state index in [-0.39, 0.29) is 58.8 Å². The van der Waals surface area contributed by atoms with Crippen LogP contribution in [0.15, 0.2) is 41.3 Å². The number of non-ortho nitro benzene ring substituents is 1. The lowest BCUT2D eigenvalue weighted by Crippen LogP contribution is -2.40. The predicted octanol–water partition coefficient (Wildman–Crippen LogP) is 1.65. The van der Waals surface area contributed by atoms with Gasteiger partial charge in [-0.05, 0) is 24.3 Å². The van der Waals surface area contributed by atoms with Crippen LogP contribution in [0.3, 0.4) is 0 Å². The maximum absolute atomic E-state index is 12.9. The molecule has 33 heavy (non-hydrogen) atoms. The van der Waals surface area contributed by atoms with Crippen LogP contribution in [0, 0.1) is 10.1 Å². The number of nitrogens with zero attached hydrogens (tertiary/aromatic N) is 2. The van der Waals surface area contributed by atoms with Gasteiger partial charge in [-0.1, -0.05) is 11.6 Å². The first-order valence-electron chi connectivity index (χ1n) is 9.48. The Labute approximate surface area is 193 Å². The van der Waals surface area contributed by atoms with Crippen LogP contribution in [0.2, 0.25) is 5.02 Å². The topological polar surface area (TPSA) is 171 Å². The van der Waals surface area contributed by atoms with E-state index in [1.807, 2.05) is 0 Å². The number of nitrogens with two attached hydrogens (primary N) is 1. The van der Waals surface area contributed by atoms with Gasteiger partial charge in [0.2, 0.25) is 10.0 Å². The third-order valence-corrected chi connectivity index (χ3v) is 6.99. The molecule has 2 aromatic rings. The number of nitro benzene ring substituents is 1. The zero-order valence-corrected chi connectivity index (χ0v) is 18.6. The van der Waals surface area contributed by atoms with E-state index in [1.54, 1.807) is 0 Å². The standard InChI is InChI=1S/C19H19ClN4O8S/c20-15-3-1-12(9-17(15)33(29,30)23-5-7-31-8-6-23)22-18(25)11-32-19(26)14-10-13(24(27)28)2-4-16(14)21/h1-4,9-10H,5-8,11,21H2,(H,22,25). The Morgan fingerprint density at radius 2 is 1.91 bits per heavy atom. The second kappa shape index (κ2) is 10.1. The molecule has 1 aliphatic rings. The molecule has 0 radical (unpaired) electrons. The molecular weight excluding hydrogens is 480 g/mol. The lowest BCUT2D eigenvalue weighted by atomic mass is 10.1. The molecule has 1 amide bonds. The minimum absolute atomic E-state index is 0.0212. The molecule has 0 unspecified atom stereocenters. The molecule has 0 aliphatic carbocycles. The van der Waals surface area contributed by atoms with Gasteiger partial charge in [-0.15, -0.1) is 0 Å². The number of ether oxygens (including phenoxy) is 2. The molecule has 0 saturated carbocycles. The zero-order chi connectivity index (χ0) is 24.2. The summed E-state index contributed by atoms with van der Waals surface area (Å²) in [4.78, 5) is 34.4. The Morgan fingerprint density at radius 1 is 1.21 bits per heavy atom. The van der Waals surface area contributed by atoms with E-state index in [4.69, 9.17) is 26.8 Å². The fourth-order valence-electron chi connectivity index (χ4n) is 2.95. The van der Waals surface area contributed by atoms with E-state index in [9.17, 15) is 28.1 Å². The molecule has 0 bridgehead atoms. The molecule has 0 spiro atoms.